The fourth-order valence-corrected chi connectivity index (χ4v) is 3.64. The quantitative estimate of drug-likeness (QED) is 0.574. The minimum Gasteiger partial charge on any atom is -0.324 e. The van der Waals surface area contributed by atoms with Gasteiger partial charge in [0, 0.05) is 17.6 Å². The second-order valence-corrected chi connectivity index (χ2v) is 8.26. The van der Waals surface area contributed by atoms with Gasteiger partial charge < -0.3 is 9.88 Å². The van der Waals surface area contributed by atoms with E-state index in [1.807, 2.05) is 36.7 Å². The standard InChI is InChI=1S/C19H18Cl2N4OS/c1-11-5-4-6-13(9-11)17-23-24-19(25(17)3)27-12(2)18(26)22-16-10-14(20)7-8-15(16)21/h4-10,12H,1-3H3,(H,22,26)/t12-/m1/s1. The van der Waals surface area contributed by atoms with Gasteiger partial charge in [-0.3, -0.25) is 4.79 Å². The van der Waals surface area contributed by atoms with Crippen LogP contribution in [0.15, 0.2) is 47.6 Å². The summed E-state index contributed by atoms with van der Waals surface area (Å²) >= 11 is 13.4. The van der Waals surface area contributed by atoms with E-state index in [1.165, 1.54) is 11.8 Å². The molecule has 0 spiro atoms. The van der Waals surface area contributed by atoms with Crippen LogP contribution in [-0.4, -0.2) is 25.9 Å². The summed E-state index contributed by atoms with van der Waals surface area (Å²) in [5, 5.41) is 12.5. The van der Waals surface area contributed by atoms with Crippen LogP contribution in [0.2, 0.25) is 10.0 Å². The fourth-order valence-electron chi connectivity index (χ4n) is 2.49. The van der Waals surface area contributed by atoms with Crippen molar-refractivity contribution in [3.05, 3.63) is 58.1 Å². The average molecular weight is 421 g/mol. The van der Waals surface area contributed by atoms with Gasteiger partial charge in [0.1, 0.15) is 0 Å². The van der Waals surface area contributed by atoms with E-state index in [9.17, 15) is 4.79 Å². The molecule has 1 N–H and O–H groups in total. The van der Waals surface area contributed by atoms with Gasteiger partial charge in [0.15, 0.2) is 11.0 Å². The van der Waals surface area contributed by atoms with Crippen LogP contribution in [0, 0.1) is 6.92 Å². The second-order valence-electron chi connectivity index (χ2n) is 6.11. The number of aromatic nitrogens is 3. The van der Waals surface area contributed by atoms with E-state index in [2.05, 4.69) is 21.6 Å². The van der Waals surface area contributed by atoms with Crippen molar-refractivity contribution in [2.75, 3.05) is 5.32 Å². The molecule has 0 radical (unpaired) electrons. The minimum absolute atomic E-state index is 0.190. The molecule has 3 rings (SSSR count). The SMILES string of the molecule is Cc1cccc(-c2nnc(S[C@H](C)C(=O)Nc3cc(Cl)ccc3Cl)n2C)c1. The Hall–Kier alpha value is -2.02. The summed E-state index contributed by atoms with van der Waals surface area (Å²) in [6.45, 7) is 3.84. The Morgan fingerprint density at radius 1 is 1.19 bits per heavy atom. The number of carbonyl (C=O) groups excluding carboxylic acids is 1. The zero-order chi connectivity index (χ0) is 19.6. The molecule has 0 aliphatic carbocycles. The number of nitrogens with zero attached hydrogens (tertiary/aromatic N) is 3. The number of aryl methyl sites for hydroxylation is 1. The van der Waals surface area contributed by atoms with Crippen molar-refractivity contribution in [2.45, 2.75) is 24.3 Å². The first kappa shape index (κ1) is 19.7. The molecule has 1 aromatic heterocycles. The number of amides is 1. The fraction of sp³-hybridized carbons (Fsp3) is 0.211. The van der Waals surface area contributed by atoms with Crippen molar-refractivity contribution in [3.63, 3.8) is 0 Å². The van der Waals surface area contributed by atoms with Crippen LogP contribution >= 0.6 is 35.0 Å². The molecular formula is C19H18Cl2N4OS. The van der Waals surface area contributed by atoms with Crippen LogP contribution in [0.3, 0.4) is 0 Å². The molecule has 0 aliphatic rings. The number of halogens is 2. The summed E-state index contributed by atoms with van der Waals surface area (Å²) in [6.07, 6.45) is 0. The van der Waals surface area contributed by atoms with E-state index in [0.29, 0.717) is 20.9 Å². The van der Waals surface area contributed by atoms with Crippen LogP contribution in [0.5, 0.6) is 0 Å². The highest BCUT2D eigenvalue weighted by atomic mass is 35.5. The number of hydrogen-bond acceptors (Lipinski definition) is 4. The van der Waals surface area contributed by atoms with E-state index in [1.54, 1.807) is 25.1 Å². The van der Waals surface area contributed by atoms with Crippen molar-refractivity contribution in [1.82, 2.24) is 14.8 Å². The maximum Gasteiger partial charge on any atom is 0.237 e. The van der Waals surface area contributed by atoms with Gasteiger partial charge in [0.05, 0.1) is 16.0 Å². The Labute approximate surface area is 172 Å². The molecule has 27 heavy (non-hydrogen) atoms. The minimum atomic E-state index is -0.395. The van der Waals surface area contributed by atoms with E-state index >= 15 is 0 Å². The number of benzene rings is 2. The van der Waals surface area contributed by atoms with Crippen molar-refractivity contribution >= 4 is 46.6 Å². The van der Waals surface area contributed by atoms with Gasteiger partial charge in [0.2, 0.25) is 5.91 Å². The summed E-state index contributed by atoms with van der Waals surface area (Å²) in [4.78, 5) is 12.5. The molecule has 1 amide bonds. The first-order valence-corrected chi connectivity index (χ1v) is 9.87. The van der Waals surface area contributed by atoms with E-state index in [4.69, 9.17) is 23.2 Å². The number of carbonyl (C=O) groups is 1. The molecule has 5 nitrogen and oxygen atoms in total. The Balaban J connectivity index is 1.73. The molecule has 3 aromatic rings. The zero-order valence-electron chi connectivity index (χ0n) is 15.0. The lowest BCUT2D eigenvalue weighted by Gasteiger charge is -2.13. The average Bonchev–Trinajstić information content (AvgIpc) is 2.98. The molecule has 8 heteroatoms. The van der Waals surface area contributed by atoms with Gasteiger partial charge >= 0.3 is 0 Å². The van der Waals surface area contributed by atoms with Crippen LogP contribution in [-0.2, 0) is 11.8 Å². The topological polar surface area (TPSA) is 59.8 Å². The maximum atomic E-state index is 12.5. The lowest BCUT2D eigenvalue weighted by atomic mass is 10.1. The summed E-state index contributed by atoms with van der Waals surface area (Å²) < 4.78 is 1.88. The van der Waals surface area contributed by atoms with Crippen molar-refractivity contribution in [3.8, 4) is 11.4 Å². The lowest BCUT2D eigenvalue weighted by molar-refractivity contribution is -0.115. The monoisotopic (exact) mass is 420 g/mol. The highest BCUT2D eigenvalue weighted by Gasteiger charge is 2.20. The highest BCUT2D eigenvalue weighted by molar-refractivity contribution is 8.00. The van der Waals surface area contributed by atoms with Gasteiger partial charge in [-0.2, -0.15) is 0 Å². The highest BCUT2D eigenvalue weighted by Crippen LogP contribution is 2.29. The van der Waals surface area contributed by atoms with E-state index < -0.39 is 5.25 Å². The van der Waals surface area contributed by atoms with E-state index in [0.717, 1.165) is 17.0 Å². The van der Waals surface area contributed by atoms with E-state index in [-0.39, 0.29) is 5.91 Å². The molecule has 0 saturated heterocycles. The summed E-state index contributed by atoms with van der Waals surface area (Å²) in [5.74, 6) is 0.566. The molecule has 2 aromatic carbocycles. The largest absolute Gasteiger partial charge is 0.324 e. The molecule has 1 heterocycles. The van der Waals surface area contributed by atoms with Gasteiger partial charge in [0.25, 0.3) is 0 Å². The Morgan fingerprint density at radius 3 is 2.70 bits per heavy atom. The van der Waals surface area contributed by atoms with Crippen molar-refractivity contribution in [1.29, 1.82) is 0 Å². The van der Waals surface area contributed by atoms with Crippen LogP contribution in [0.1, 0.15) is 12.5 Å². The molecule has 0 fully saturated rings. The summed E-state index contributed by atoms with van der Waals surface area (Å²) in [7, 11) is 1.89. The Morgan fingerprint density at radius 2 is 1.96 bits per heavy atom. The smallest absolute Gasteiger partial charge is 0.237 e. The molecule has 1 atom stereocenters. The zero-order valence-corrected chi connectivity index (χ0v) is 17.4. The number of thioether (sulfide) groups is 1. The van der Waals surface area contributed by atoms with Crippen LogP contribution in [0.4, 0.5) is 5.69 Å². The lowest BCUT2D eigenvalue weighted by Crippen LogP contribution is -2.23. The predicted octanol–water partition coefficient (Wildman–Crippen LogP) is 5.22. The summed E-state index contributed by atoms with van der Waals surface area (Å²) in [5.41, 5.74) is 2.62. The third-order valence-electron chi connectivity index (χ3n) is 3.95. The molecule has 0 saturated carbocycles. The molecule has 0 aliphatic heterocycles. The second kappa shape index (κ2) is 8.33. The van der Waals surface area contributed by atoms with Crippen LogP contribution in [0.25, 0.3) is 11.4 Å². The van der Waals surface area contributed by atoms with Gasteiger partial charge in [-0.15, -0.1) is 10.2 Å². The molecular weight excluding hydrogens is 403 g/mol. The maximum absolute atomic E-state index is 12.5. The molecule has 140 valence electrons. The Bertz CT molecular complexity index is 990. The van der Waals surface area contributed by atoms with Crippen molar-refractivity contribution < 1.29 is 4.79 Å². The van der Waals surface area contributed by atoms with Gasteiger partial charge in [-0.05, 0) is 38.1 Å². The molecule has 0 bridgehead atoms. The number of rotatable bonds is 5. The Kier molecular flexibility index (Phi) is 6.09. The van der Waals surface area contributed by atoms with Crippen molar-refractivity contribution in [2.24, 2.45) is 7.05 Å². The number of anilines is 1. The number of nitrogens with one attached hydrogen (secondary N) is 1. The van der Waals surface area contributed by atoms with Gasteiger partial charge in [-0.1, -0.05) is 58.7 Å². The molecule has 0 unspecified atom stereocenters. The van der Waals surface area contributed by atoms with Crippen LogP contribution < -0.4 is 5.32 Å². The number of hydrogen-bond donors (Lipinski definition) is 1. The first-order chi connectivity index (χ1) is 12.8. The third kappa shape index (κ3) is 4.64. The van der Waals surface area contributed by atoms with Gasteiger partial charge in [-0.25, -0.2) is 0 Å². The third-order valence-corrected chi connectivity index (χ3v) is 5.65. The first-order valence-electron chi connectivity index (χ1n) is 8.24. The normalized spacial score (nSPS) is 12.0. The summed E-state index contributed by atoms with van der Waals surface area (Å²) in [6, 6.07) is 13.0. The predicted molar refractivity (Wildman–Crippen MR) is 112 cm³/mol.